The van der Waals surface area contributed by atoms with Crippen molar-refractivity contribution in [3.05, 3.63) is 140 Å². The van der Waals surface area contributed by atoms with E-state index in [1.807, 2.05) is 6.92 Å². The number of hydrogen-bond acceptors (Lipinski definition) is 7. The number of benzene rings is 4. The van der Waals surface area contributed by atoms with Crippen LogP contribution in [0.25, 0.3) is 27.7 Å². The molecule has 3 aliphatic rings. The molecule has 2 fully saturated rings. The summed E-state index contributed by atoms with van der Waals surface area (Å²) in [5, 5.41) is 7.01. The molecule has 1 amide bonds. The lowest BCUT2D eigenvalue weighted by molar-refractivity contribution is -0.123. The van der Waals surface area contributed by atoms with Gasteiger partial charge in [-0.1, -0.05) is 23.7 Å². The van der Waals surface area contributed by atoms with Crippen LogP contribution in [0.4, 0.5) is 26.3 Å². The monoisotopic (exact) mass is 896 g/mol. The van der Waals surface area contributed by atoms with Crippen LogP contribution in [0.2, 0.25) is 5.02 Å². The second kappa shape index (κ2) is 15.7. The van der Waals surface area contributed by atoms with E-state index in [9.17, 15) is 35.6 Å². The Bertz CT molecular complexity index is 2940. The van der Waals surface area contributed by atoms with E-state index in [-0.39, 0.29) is 71.2 Å². The molecule has 1 saturated carbocycles. The fourth-order valence-corrected chi connectivity index (χ4v) is 10.3. The fourth-order valence-electron chi connectivity index (χ4n) is 8.63. The molecule has 11 nitrogen and oxygen atoms in total. The standard InChI is InChI=1S/C43H35ClF6N6O5S/c1-22-14-25(44)3-9-30(22)24-2-8-31-34(18-24)52-41(56(42(31)58)28-4-6-29(7-5-28)62(59,60)54-10-12-61-13-11-54)35(17-23-15-26(45)19-27(46)16-23)51-36(57)21-55-39-37(38(53-55)40(47)48)32-20-33(32)43(39,49)50/h2-9,14-16,18-19,32-33,35,40H,10-13,17,20-21H2,1H3,(H,51,57)/t32-,33+,35-/m0/s1. The summed E-state index contributed by atoms with van der Waals surface area (Å²) in [5.41, 5.74) is -0.141. The number of ether oxygens (including phenoxy) is 1. The summed E-state index contributed by atoms with van der Waals surface area (Å²) in [6.45, 7) is 1.56. The van der Waals surface area contributed by atoms with Gasteiger partial charge in [-0.3, -0.25) is 18.8 Å². The van der Waals surface area contributed by atoms with Crippen molar-refractivity contribution < 1.29 is 44.3 Å². The number of morpholine rings is 1. The largest absolute Gasteiger partial charge is 0.379 e. The summed E-state index contributed by atoms with van der Waals surface area (Å²) in [6, 6.07) is 16.6. The van der Waals surface area contributed by atoms with Crippen LogP contribution in [0.5, 0.6) is 0 Å². The molecule has 0 bridgehead atoms. The van der Waals surface area contributed by atoms with Gasteiger partial charge in [-0.2, -0.15) is 18.2 Å². The first-order valence-corrected chi connectivity index (χ1v) is 21.4. The van der Waals surface area contributed by atoms with E-state index in [1.54, 1.807) is 36.4 Å². The van der Waals surface area contributed by atoms with E-state index in [0.29, 0.717) is 21.3 Å². The molecular weight excluding hydrogens is 862 g/mol. The molecule has 9 rings (SSSR count). The Morgan fingerprint density at radius 3 is 2.37 bits per heavy atom. The SMILES string of the molecule is Cc1cc(Cl)ccc1-c1ccc2c(=O)n(-c3ccc(S(=O)(=O)N4CCOCC4)cc3)c([C@H](Cc3cc(F)cc(F)c3)NC(=O)Cn3nc(C(F)F)c4c3C(F)(F)[C@@H]3C[C@H]43)nc2c1. The Labute approximate surface area is 354 Å². The molecule has 1 aliphatic heterocycles. The first kappa shape index (κ1) is 41.8. The number of halogens is 7. The minimum Gasteiger partial charge on any atom is -0.379 e. The molecule has 2 aromatic heterocycles. The lowest BCUT2D eigenvalue weighted by atomic mass is 9.99. The van der Waals surface area contributed by atoms with Gasteiger partial charge in [-0.25, -0.2) is 31.0 Å². The highest BCUT2D eigenvalue weighted by molar-refractivity contribution is 7.89. The maximum Gasteiger partial charge on any atom is 0.293 e. The van der Waals surface area contributed by atoms with Crippen molar-refractivity contribution in [3.8, 4) is 16.8 Å². The second-order valence-corrected chi connectivity index (χ2v) is 18.0. The first-order chi connectivity index (χ1) is 29.5. The minimum absolute atomic E-state index is 0.00206. The first-order valence-electron chi connectivity index (χ1n) is 19.5. The second-order valence-electron chi connectivity index (χ2n) is 15.6. The zero-order chi connectivity index (χ0) is 43.8. The van der Waals surface area contributed by atoms with Gasteiger partial charge in [0.25, 0.3) is 17.9 Å². The van der Waals surface area contributed by atoms with Gasteiger partial charge in [0.05, 0.1) is 40.7 Å². The zero-order valence-corrected chi connectivity index (χ0v) is 34.2. The number of carbonyl (C=O) groups excluding carboxylic acids is 1. The van der Waals surface area contributed by atoms with Crippen molar-refractivity contribution in [2.24, 2.45) is 5.92 Å². The smallest absolute Gasteiger partial charge is 0.293 e. The molecule has 1 saturated heterocycles. The highest BCUT2D eigenvalue weighted by Gasteiger charge is 2.67. The summed E-state index contributed by atoms with van der Waals surface area (Å²) < 4.78 is 124. The van der Waals surface area contributed by atoms with Gasteiger partial charge < -0.3 is 10.1 Å². The van der Waals surface area contributed by atoms with E-state index < -0.39 is 87.7 Å². The summed E-state index contributed by atoms with van der Waals surface area (Å²) in [5.74, 6) is -8.66. The van der Waals surface area contributed by atoms with Crippen molar-refractivity contribution in [3.63, 3.8) is 0 Å². The predicted molar refractivity (Wildman–Crippen MR) is 215 cm³/mol. The summed E-state index contributed by atoms with van der Waals surface area (Å²) in [6.07, 6.45) is -3.60. The van der Waals surface area contributed by atoms with Crippen molar-refractivity contribution in [2.45, 2.75) is 55.5 Å². The molecule has 1 N–H and O–H groups in total. The number of hydrogen-bond donors (Lipinski definition) is 1. The van der Waals surface area contributed by atoms with Crippen LogP contribution in [0.1, 0.15) is 58.7 Å². The van der Waals surface area contributed by atoms with E-state index in [4.69, 9.17) is 21.3 Å². The minimum atomic E-state index is -3.98. The Hall–Kier alpha value is -5.56. The molecule has 0 spiro atoms. The third kappa shape index (κ3) is 7.45. The normalized spacial score (nSPS) is 18.8. The summed E-state index contributed by atoms with van der Waals surface area (Å²) >= 11 is 6.21. The summed E-state index contributed by atoms with van der Waals surface area (Å²) in [7, 11) is -3.98. The lowest BCUT2D eigenvalue weighted by Gasteiger charge is -2.26. The number of fused-ring (bicyclic) bond motifs is 4. The van der Waals surface area contributed by atoms with Crippen LogP contribution in [-0.4, -0.2) is 64.3 Å². The Balaban J connectivity index is 1.19. The molecule has 6 aromatic rings. The molecule has 322 valence electrons. The molecule has 0 radical (unpaired) electrons. The predicted octanol–water partition coefficient (Wildman–Crippen LogP) is 7.76. The number of aryl methyl sites for hydroxylation is 1. The van der Waals surface area contributed by atoms with E-state index in [0.717, 1.165) is 27.8 Å². The van der Waals surface area contributed by atoms with Crippen LogP contribution < -0.4 is 10.9 Å². The highest BCUT2D eigenvalue weighted by Crippen LogP contribution is 2.68. The fraction of sp³-hybridized carbons (Fsp3) is 0.302. The molecule has 19 heteroatoms. The van der Waals surface area contributed by atoms with Crippen molar-refractivity contribution in [1.82, 2.24) is 29.0 Å². The highest BCUT2D eigenvalue weighted by atomic mass is 35.5. The van der Waals surface area contributed by atoms with E-state index in [2.05, 4.69) is 10.4 Å². The van der Waals surface area contributed by atoms with Gasteiger partial charge in [-0.05, 0) is 102 Å². The topological polar surface area (TPSA) is 128 Å². The maximum absolute atomic E-state index is 15.5. The van der Waals surface area contributed by atoms with Gasteiger partial charge in [0.2, 0.25) is 15.9 Å². The molecular formula is C43H35ClF6N6O5S. The van der Waals surface area contributed by atoms with Crippen LogP contribution in [0.3, 0.4) is 0 Å². The number of aromatic nitrogens is 4. The number of rotatable bonds is 11. The molecule has 62 heavy (non-hydrogen) atoms. The number of sulfonamides is 1. The Morgan fingerprint density at radius 1 is 0.984 bits per heavy atom. The third-order valence-corrected chi connectivity index (χ3v) is 13.7. The number of amides is 1. The Morgan fingerprint density at radius 2 is 1.69 bits per heavy atom. The molecule has 3 atom stereocenters. The maximum atomic E-state index is 15.5. The van der Waals surface area contributed by atoms with Gasteiger partial charge in [0, 0.05) is 42.1 Å². The lowest BCUT2D eigenvalue weighted by Crippen LogP contribution is -2.40. The molecule has 0 unspecified atom stereocenters. The quantitative estimate of drug-likeness (QED) is 0.132. The third-order valence-electron chi connectivity index (χ3n) is 11.6. The van der Waals surface area contributed by atoms with Crippen molar-refractivity contribution >= 4 is 38.4 Å². The van der Waals surface area contributed by atoms with Crippen LogP contribution >= 0.6 is 11.6 Å². The molecule has 2 aliphatic carbocycles. The zero-order valence-electron chi connectivity index (χ0n) is 32.6. The number of alkyl halides is 4. The van der Waals surface area contributed by atoms with Gasteiger partial charge >= 0.3 is 0 Å². The number of nitrogens with zero attached hydrogens (tertiary/aromatic N) is 5. The average Bonchev–Trinajstić information content (AvgIpc) is 3.88. The number of carbonyl (C=O) groups is 1. The van der Waals surface area contributed by atoms with Crippen LogP contribution in [0.15, 0.2) is 88.6 Å². The molecule has 4 aromatic carbocycles. The van der Waals surface area contributed by atoms with Crippen LogP contribution in [-0.2, 0) is 38.4 Å². The van der Waals surface area contributed by atoms with E-state index >= 15 is 8.78 Å². The van der Waals surface area contributed by atoms with Gasteiger partial charge in [-0.15, -0.1) is 0 Å². The van der Waals surface area contributed by atoms with Crippen molar-refractivity contribution in [2.75, 3.05) is 26.3 Å². The molecule has 3 heterocycles. The van der Waals surface area contributed by atoms with Crippen molar-refractivity contribution in [1.29, 1.82) is 0 Å². The Kier molecular flexibility index (Phi) is 10.5. The van der Waals surface area contributed by atoms with Gasteiger partial charge in [0.15, 0.2) is 0 Å². The van der Waals surface area contributed by atoms with Gasteiger partial charge in [0.1, 0.15) is 35.4 Å². The average molecular weight is 897 g/mol. The van der Waals surface area contributed by atoms with E-state index in [1.165, 1.54) is 28.6 Å². The van der Waals surface area contributed by atoms with Crippen LogP contribution in [0, 0.1) is 24.5 Å². The number of nitrogens with one attached hydrogen (secondary N) is 1. The summed E-state index contributed by atoms with van der Waals surface area (Å²) in [4.78, 5) is 33.6.